The molecule has 0 radical (unpaired) electrons. The van der Waals surface area contributed by atoms with Crippen LogP contribution in [0.1, 0.15) is 37.5 Å². The van der Waals surface area contributed by atoms with E-state index in [1.165, 1.54) is 16.0 Å². The van der Waals surface area contributed by atoms with E-state index < -0.39 is 11.8 Å². The Morgan fingerprint density at radius 2 is 1.77 bits per heavy atom. The van der Waals surface area contributed by atoms with Gasteiger partial charge in [-0.25, -0.2) is 4.68 Å². The molecule has 2 heterocycles. The molecular formula is C18H18N4O3S. The van der Waals surface area contributed by atoms with Crippen LogP contribution < -0.4 is 16.4 Å². The molecule has 0 aliphatic carbocycles. The van der Waals surface area contributed by atoms with Gasteiger partial charge in [-0.05, 0) is 38.5 Å². The van der Waals surface area contributed by atoms with Gasteiger partial charge in [0.05, 0.1) is 10.3 Å². The van der Waals surface area contributed by atoms with Crippen LogP contribution in [-0.2, 0) is 6.54 Å². The van der Waals surface area contributed by atoms with Crippen LogP contribution in [0.15, 0.2) is 35.1 Å². The number of hydrogen-bond acceptors (Lipinski definition) is 5. The van der Waals surface area contributed by atoms with E-state index in [1.807, 2.05) is 13.8 Å². The SMILES string of the molecule is CCn1nc(C(=O)NNC(=O)c2cc(C)c(C)s2)c2ccccc2c1=O. The summed E-state index contributed by atoms with van der Waals surface area (Å²) in [6.07, 6.45) is 0. The zero-order valence-corrected chi connectivity index (χ0v) is 15.4. The van der Waals surface area contributed by atoms with Gasteiger partial charge in [0, 0.05) is 16.8 Å². The maximum Gasteiger partial charge on any atom is 0.290 e. The molecule has 8 heteroatoms. The molecular weight excluding hydrogens is 352 g/mol. The van der Waals surface area contributed by atoms with Crippen molar-refractivity contribution in [1.82, 2.24) is 20.6 Å². The predicted molar refractivity (Wildman–Crippen MR) is 100 cm³/mol. The van der Waals surface area contributed by atoms with Crippen molar-refractivity contribution in [2.24, 2.45) is 0 Å². The van der Waals surface area contributed by atoms with Crippen LogP contribution in [0.2, 0.25) is 0 Å². The molecule has 0 saturated carbocycles. The first-order valence-corrected chi connectivity index (χ1v) is 8.91. The first-order valence-electron chi connectivity index (χ1n) is 8.10. The van der Waals surface area contributed by atoms with Crippen molar-refractivity contribution in [2.45, 2.75) is 27.3 Å². The zero-order chi connectivity index (χ0) is 18.8. The maximum atomic E-state index is 12.5. The van der Waals surface area contributed by atoms with Crippen molar-refractivity contribution in [3.8, 4) is 0 Å². The molecule has 1 aromatic carbocycles. The number of nitrogens with one attached hydrogen (secondary N) is 2. The fraction of sp³-hybridized carbons (Fsp3) is 0.222. The van der Waals surface area contributed by atoms with Gasteiger partial charge < -0.3 is 0 Å². The van der Waals surface area contributed by atoms with Gasteiger partial charge >= 0.3 is 0 Å². The highest BCUT2D eigenvalue weighted by molar-refractivity contribution is 7.14. The quantitative estimate of drug-likeness (QED) is 0.691. The lowest BCUT2D eigenvalue weighted by Crippen LogP contribution is -2.42. The van der Waals surface area contributed by atoms with E-state index >= 15 is 0 Å². The molecule has 0 spiro atoms. The van der Waals surface area contributed by atoms with E-state index in [2.05, 4.69) is 16.0 Å². The lowest BCUT2D eigenvalue weighted by molar-refractivity contribution is 0.0846. The molecule has 2 N–H and O–H groups in total. The normalized spacial score (nSPS) is 10.7. The Bertz CT molecular complexity index is 1050. The third-order valence-corrected chi connectivity index (χ3v) is 5.21. The van der Waals surface area contributed by atoms with E-state index in [0.29, 0.717) is 22.2 Å². The summed E-state index contributed by atoms with van der Waals surface area (Å²) in [7, 11) is 0. The van der Waals surface area contributed by atoms with E-state index in [1.54, 1.807) is 37.3 Å². The van der Waals surface area contributed by atoms with Gasteiger partial charge in [-0.15, -0.1) is 11.3 Å². The largest absolute Gasteiger partial charge is 0.290 e. The number of nitrogens with zero attached hydrogens (tertiary/aromatic N) is 2. The molecule has 0 saturated heterocycles. The summed E-state index contributed by atoms with van der Waals surface area (Å²) in [5.74, 6) is -0.977. The topological polar surface area (TPSA) is 93.1 Å². The van der Waals surface area contributed by atoms with Crippen LogP contribution in [0.25, 0.3) is 10.8 Å². The van der Waals surface area contributed by atoms with Gasteiger partial charge in [-0.3, -0.25) is 25.2 Å². The first-order chi connectivity index (χ1) is 12.4. The van der Waals surface area contributed by atoms with Gasteiger partial charge in [0.15, 0.2) is 5.69 Å². The summed E-state index contributed by atoms with van der Waals surface area (Å²) in [5, 5.41) is 4.98. The number of hydrogen-bond donors (Lipinski definition) is 2. The zero-order valence-electron chi connectivity index (χ0n) is 14.6. The lowest BCUT2D eigenvalue weighted by atomic mass is 10.1. The molecule has 2 amide bonds. The number of carbonyl (C=O) groups is 2. The van der Waals surface area contributed by atoms with Crippen LogP contribution in [0.5, 0.6) is 0 Å². The Morgan fingerprint density at radius 3 is 2.38 bits per heavy atom. The first kappa shape index (κ1) is 17.8. The van der Waals surface area contributed by atoms with Gasteiger partial charge in [0.1, 0.15) is 0 Å². The Hall–Kier alpha value is -3.00. The van der Waals surface area contributed by atoms with Crippen LogP contribution >= 0.6 is 11.3 Å². The predicted octanol–water partition coefficient (Wildman–Crippen LogP) is 2.17. The van der Waals surface area contributed by atoms with Crippen molar-refractivity contribution in [3.63, 3.8) is 0 Å². The lowest BCUT2D eigenvalue weighted by Gasteiger charge is -2.10. The third kappa shape index (κ3) is 3.23. The summed E-state index contributed by atoms with van der Waals surface area (Å²) in [6.45, 7) is 5.96. The second kappa shape index (κ2) is 7.09. The van der Waals surface area contributed by atoms with Gasteiger partial charge in [0.25, 0.3) is 17.4 Å². The van der Waals surface area contributed by atoms with Crippen molar-refractivity contribution in [2.75, 3.05) is 0 Å². The molecule has 0 aliphatic heterocycles. The molecule has 0 atom stereocenters. The van der Waals surface area contributed by atoms with E-state index in [-0.39, 0.29) is 11.3 Å². The standard InChI is InChI=1S/C18H18N4O3S/c1-4-22-18(25)13-8-6-5-7-12(13)15(21-22)17(24)20-19-16(23)14-9-10(2)11(3)26-14/h5-9H,4H2,1-3H3,(H,19,23)(H,20,24). The van der Waals surface area contributed by atoms with E-state index in [4.69, 9.17) is 0 Å². The van der Waals surface area contributed by atoms with Gasteiger partial charge in [-0.1, -0.05) is 18.2 Å². The highest BCUT2D eigenvalue weighted by atomic mass is 32.1. The second-order valence-corrected chi connectivity index (χ2v) is 7.03. The molecule has 0 unspecified atom stereocenters. The summed E-state index contributed by atoms with van der Waals surface area (Å²) in [5.41, 5.74) is 5.63. The Balaban J connectivity index is 1.87. The Morgan fingerprint density at radius 1 is 1.12 bits per heavy atom. The number of benzene rings is 1. The second-order valence-electron chi connectivity index (χ2n) is 5.77. The number of fused-ring (bicyclic) bond motifs is 1. The van der Waals surface area contributed by atoms with Crippen LogP contribution in [0, 0.1) is 13.8 Å². The molecule has 0 aliphatic rings. The fourth-order valence-electron chi connectivity index (χ4n) is 2.54. The average molecular weight is 370 g/mol. The highest BCUT2D eigenvalue weighted by Gasteiger charge is 2.17. The highest BCUT2D eigenvalue weighted by Crippen LogP contribution is 2.20. The van der Waals surface area contributed by atoms with E-state index in [9.17, 15) is 14.4 Å². The summed E-state index contributed by atoms with van der Waals surface area (Å²) in [4.78, 5) is 38.6. The van der Waals surface area contributed by atoms with E-state index in [0.717, 1.165) is 10.4 Å². The number of amides is 2. The molecule has 2 aromatic heterocycles. The molecule has 3 aromatic rings. The van der Waals surface area contributed by atoms with Crippen LogP contribution in [0.3, 0.4) is 0 Å². The smallest absolute Gasteiger partial charge is 0.267 e. The summed E-state index contributed by atoms with van der Waals surface area (Å²) in [6, 6.07) is 8.54. The Labute approximate surface area is 153 Å². The number of rotatable bonds is 3. The van der Waals surface area contributed by atoms with Gasteiger partial charge in [-0.2, -0.15) is 5.10 Å². The third-order valence-electron chi connectivity index (χ3n) is 4.06. The van der Waals surface area contributed by atoms with Crippen molar-refractivity contribution >= 4 is 33.9 Å². The minimum Gasteiger partial charge on any atom is -0.267 e. The number of aryl methyl sites for hydroxylation is 3. The summed E-state index contributed by atoms with van der Waals surface area (Å²) < 4.78 is 1.23. The molecule has 26 heavy (non-hydrogen) atoms. The van der Waals surface area contributed by atoms with Crippen molar-refractivity contribution in [1.29, 1.82) is 0 Å². The van der Waals surface area contributed by atoms with Crippen LogP contribution in [0.4, 0.5) is 0 Å². The molecule has 134 valence electrons. The molecule has 0 fully saturated rings. The van der Waals surface area contributed by atoms with Crippen LogP contribution in [-0.4, -0.2) is 21.6 Å². The monoisotopic (exact) mass is 370 g/mol. The number of hydrazine groups is 1. The molecule has 0 bridgehead atoms. The maximum absolute atomic E-state index is 12.5. The summed E-state index contributed by atoms with van der Waals surface area (Å²) >= 11 is 1.36. The number of aromatic nitrogens is 2. The number of thiophene rings is 1. The Kier molecular flexibility index (Phi) is 4.85. The van der Waals surface area contributed by atoms with Gasteiger partial charge in [0.2, 0.25) is 0 Å². The number of carbonyl (C=O) groups excluding carboxylic acids is 2. The minimum atomic E-state index is -0.582. The van der Waals surface area contributed by atoms with Crippen molar-refractivity contribution < 1.29 is 9.59 Å². The fourth-order valence-corrected chi connectivity index (χ4v) is 3.47. The molecule has 3 rings (SSSR count). The average Bonchev–Trinajstić information content (AvgIpc) is 2.99. The minimum absolute atomic E-state index is 0.0842. The van der Waals surface area contributed by atoms with Crippen molar-refractivity contribution in [3.05, 3.63) is 61.7 Å². The molecule has 7 nitrogen and oxygen atoms in total.